The summed E-state index contributed by atoms with van der Waals surface area (Å²) in [7, 11) is 3.62. The molecule has 148 valence electrons. The molecule has 2 rings (SSSR count). The Hall–Kier alpha value is -0.120. The first-order chi connectivity index (χ1) is 11.8. The lowest BCUT2D eigenvalue weighted by atomic mass is 10.1. The van der Waals surface area contributed by atoms with E-state index in [9.17, 15) is 0 Å². The van der Waals surface area contributed by atoms with Gasteiger partial charge in [0.25, 0.3) is 0 Å². The van der Waals surface area contributed by atoms with E-state index in [1.54, 1.807) is 7.11 Å². The molecule has 7 heteroatoms. The number of nitrogens with zero attached hydrogens (tertiary/aromatic N) is 3. The molecular weight excluding hydrogens is 431 g/mol. The number of nitrogens with one attached hydrogen (secondary N) is 1. The predicted molar refractivity (Wildman–Crippen MR) is 114 cm³/mol. The van der Waals surface area contributed by atoms with Crippen molar-refractivity contribution in [2.24, 2.45) is 4.99 Å². The third-order valence-electron chi connectivity index (χ3n) is 4.96. The summed E-state index contributed by atoms with van der Waals surface area (Å²) in [6.07, 6.45) is 7.65. The summed E-state index contributed by atoms with van der Waals surface area (Å²) in [4.78, 5) is 9.39. The summed E-state index contributed by atoms with van der Waals surface area (Å²) in [5, 5.41) is 3.54. The van der Waals surface area contributed by atoms with Crippen molar-refractivity contribution in [3.63, 3.8) is 0 Å². The maximum absolute atomic E-state index is 5.93. The van der Waals surface area contributed by atoms with Crippen molar-refractivity contribution < 1.29 is 9.47 Å². The van der Waals surface area contributed by atoms with Crippen LogP contribution in [0.5, 0.6) is 0 Å². The average Bonchev–Trinajstić information content (AvgIpc) is 2.64. The molecule has 0 amide bonds. The summed E-state index contributed by atoms with van der Waals surface area (Å²) < 4.78 is 11.0. The highest BCUT2D eigenvalue weighted by Gasteiger charge is 2.21. The van der Waals surface area contributed by atoms with Crippen LogP contribution in [-0.4, -0.2) is 88.5 Å². The van der Waals surface area contributed by atoms with Crippen LogP contribution in [0.15, 0.2) is 4.99 Å². The Kier molecular flexibility index (Phi) is 12.8. The van der Waals surface area contributed by atoms with Crippen LogP contribution in [0, 0.1) is 0 Å². The van der Waals surface area contributed by atoms with E-state index in [1.807, 2.05) is 7.05 Å². The van der Waals surface area contributed by atoms with Crippen LogP contribution >= 0.6 is 24.0 Å². The minimum atomic E-state index is 0. The van der Waals surface area contributed by atoms with E-state index in [1.165, 1.54) is 32.4 Å². The maximum Gasteiger partial charge on any atom is 0.193 e. The van der Waals surface area contributed by atoms with Crippen molar-refractivity contribution >= 4 is 29.9 Å². The number of rotatable bonds is 8. The zero-order valence-electron chi connectivity index (χ0n) is 16.0. The van der Waals surface area contributed by atoms with Gasteiger partial charge < -0.3 is 24.6 Å². The van der Waals surface area contributed by atoms with Gasteiger partial charge in [-0.3, -0.25) is 4.99 Å². The summed E-state index contributed by atoms with van der Waals surface area (Å²) in [6, 6.07) is 0. The van der Waals surface area contributed by atoms with Gasteiger partial charge in [0.1, 0.15) is 0 Å². The van der Waals surface area contributed by atoms with Gasteiger partial charge in [-0.15, -0.1) is 24.0 Å². The summed E-state index contributed by atoms with van der Waals surface area (Å²) in [6.45, 7) is 8.26. The van der Waals surface area contributed by atoms with Crippen LogP contribution in [0.25, 0.3) is 0 Å². The monoisotopic (exact) mass is 468 g/mol. The highest BCUT2D eigenvalue weighted by molar-refractivity contribution is 14.0. The van der Waals surface area contributed by atoms with E-state index in [0.717, 1.165) is 64.6 Å². The first-order valence-corrected chi connectivity index (χ1v) is 9.62. The summed E-state index contributed by atoms with van der Waals surface area (Å²) in [5.74, 6) is 1.05. The Balaban J connectivity index is 0.00000312. The van der Waals surface area contributed by atoms with Crippen molar-refractivity contribution in [2.45, 2.75) is 44.6 Å². The van der Waals surface area contributed by atoms with E-state index >= 15 is 0 Å². The maximum atomic E-state index is 5.93. The molecule has 25 heavy (non-hydrogen) atoms. The van der Waals surface area contributed by atoms with Gasteiger partial charge in [0.05, 0.1) is 6.10 Å². The molecule has 2 aliphatic rings. The van der Waals surface area contributed by atoms with E-state index in [4.69, 9.17) is 9.47 Å². The van der Waals surface area contributed by atoms with Crippen molar-refractivity contribution in [3.8, 4) is 0 Å². The Morgan fingerprint density at radius 2 is 1.80 bits per heavy atom. The molecule has 2 aliphatic heterocycles. The molecule has 1 N–H and O–H groups in total. The fourth-order valence-corrected chi connectivity index (χ4v) is 3.53. The van der Waals surface area contributed by atoms with Gasteiger partial charge in [-0.2, -0.15) is 0 Å². The minimum absolute atomic E-state index is 0. The molecule has 0 aromatic carbocycles. The third-order valence-corrected chi connectivity index (χ3v) is 4.96. The van der Waals surface area contributed by atoms with Gasteiger partial charge in [-0.25, -0.2) is 0 Å². The van der Waals surface area contributed by atoms with Crippen LogP contribution in [0.4, 0.5) is 0 Å². The number of halogens is 1. The second kappa shape index (κ2) is 14.0. The number of guanidine groups is 1. The van der Waals surface area contributed by atoms with E-state index in [-0.39, 0.29) is 24.0 Å². The normalized spacial score (nSPS) is 20.4. The molecule has 0 unspecified atom stereocenters. The van der Waals surface area contributed by atoms with Crippen molar-refractivity contribution in [1.82, 2.24) is 15.1 Å². The van der Waals surface area contributed by atoms with Gasteiger partial charge in [-0.1, -0.05) is 6.42 Å². The van der Waals surface area contributed by atoms with E-state index < -0.39 is 0 Å². The molecule has 0 atom stereocenters. The number of hydrogen-bond acceptors (Lipinski definition) is 4. The lowest BCUT2D eigenvalue weighted by Crippen LogP contribution is -2.48. The van der Waals surface area contributed by atoms with Gasteiger partial charge in [0, 0.05) is 53.6 Å². The first-order valence-electron chi connectivity index (χ1n) is 9.62. The Bertz CT molecular complexity index is 357. The van der Waals surface area contributed by atoms with Gasteiger partial charge in [0.15, 0.2) is 5.96 Å². The standard InChI is InChI=1S/C18H36N4O2.HI/c1-19-18(20-9-14-21-10-4-3-5-11-21)22-12-7-17(8-13-22)24-16-6-15-23-2;/h17H,3-16H2,1-2H3,(H,19,20);1H. The highest BCUT2D eigenvalue weighted by atomic mass is 127. The zero-order valence-corrected chi connectivity index (χ0v) is 18.4. The molecular formula is C18H37IN4O2. The fourth-order valence-electron chi connectivity index (χ4n) is 3.53. The molecule has 2 heterocycles. The van der Waals surface area contributed by atoms with Crippen LogP contribution in [0.2, 0.25) is 0 Å². The smallest absolute Gasteiger partial charge is 0.193 e. The molecule has 0 spiro atoms. The molecule has 0 bridgehead atoms. The lowest BCUT2D eigenvalue weighted by molar-refractivity contribution is 0.00989. The van der Waals surface area contributed by atoms with Crippen LogP contribution in [0.1, 0.15) is 38.5 Å². The van der Waals surface area contributed by atoms with Crippen molar-refractivity contribution in [1.29, 1.82) is 0 Å². The molecule has 2 saturated heterocycles. The molecule has 0 aromatic rings. The number of piperidine rings is 2. The second-order valence-electron chi connectivity index (χ2n) is 6.78. The SMILES string of the molecule is CN=C(NCCN1CCCCC1)N1CCC(OCCCOC)CC1.I. The Morgan fingerprint density at radius 3 is 2.44 bits per heavy atom. The molecule has 0 aliphatic carbocycles. The Labute approximate surface area is 170 Å². The second-order valence-corrected chi connectivity index (χ2v) is 6.78. The average molecular weight is 468 g/mol. The molecule has 0 aromatic heterocycles. The zero-order chi connectivity index (χ0) is 17.0. The van der Waals surface area contributed by atoms with Crippen LogP contribution < -0.4 is 5.32 Å². The minimum Gasteiger partial charge on any atom is -0.385 e. The first kappa shape index (κ1) is 22.9. The Morgan fingerprint density at radius 1 is 1.08 bits per heavy atom. The van der Waals surface area contributed by atoms with Gasteiger partial charge >= 0.3 is 0 Å². The molecule has 0 radical (unpaired) electrons. The number of aliphatic imine (C=N–C) groups is 1. The number of likely N-dealkylation sites (tertiary alicyclic amines) is 2. The van der Waals surface area contributed by atoms with E-state index in [0.29, 0.717) is 6.10 Å². The molecule has 0 saturated carbocycles. The largest absolute Gasteiger partial charge is 0.385 e. The van der Waals surface area contributed by atoms with E-state index in [2.05, 4.69) is 20.1 Å². The quantitative estimate of drug-likeness (QED) is 0.256. The third kappa shape index (κ3) is 8.88. The molecule has 2 fully saturated rings. The van der Waals surface area contributed by atoms with Crippen molar-refractivity contribution in [2.75, 3.05) is 66.6 Å². The number of methoxy groups -OCH3 is 1. The predicted octanol–water partition coefficient (Wildman–Crippen LogP) is 2.18. The highest BCUT2D eigenvalue weighted by Crippen LogP contribution is 2.14. The fraction of sp³-hybridized carbons (Fsp3) is 0.944. The van der Waals surface area contributed by atoms with Crippen LogP contribution in [0.3, 0.4) is 0 Å². The number of hydrogen-bond donors (Lipinski definition) is 1. The topological polar surface area (TPSA) is 49.3 Å². The number of ether oxygens (including phenoxy) is 2. The lowest BCUT2D eigenvalue weighted by Gasteiger charge is -2.34. The molecule has 6 nitrogen and oxygen atoms in total. The summed E-state index contributed by atoms with van der Waals surface area (Å²) in [5.41, 5.74) is 0. The van der Waals surface area contributed by atoms with Crippen molar-refractivity contribution in [3.05, 3.63) is 0 Å². The van der Waals surface area contributed by atoms with Gasteiger partial charge in [0.2, 0.25) is 0 Å². The van der Waals surface area contributed by atoms with Crippen LogP contribution in [-0.2, 0) is 9.47 Å². The van der Waals surface area contributed by atoms with Gasteiger partial charge in [-0.05, 0) is 45.2 Å². The summed E-state index contributed by atoms with van der Waals surface area (Å²) >= 11 is 0.